The molecule has 120 valence electrons. The van der Waals surface area contributed by atoms with E-state index in [0.717, 1.165) is 35.0 Å². The first-order valence-electron chi connectivity index (χ1n) is 8.84. The first-order chi connectivity index (χ1) is 11.1. The Morgan fingerprint density at radius 2 is 2.17 bits per heavy atom. The van der Waals surface area contributed by atoms with Gasteiger partial charge in [-0.3, -0.25) is 4.79 Å². The van der Waals surface area contributed by atoms with E-state index < -0.39 is 0 Å². The van der Waals surface area contributed by atoms with Gasteiger partial charge < -0.3 is 9.88 Å². The zero-order chi connectivity index (χ0) is 15.8. The quantitative estimate of drug-likeness (QED) is 0.878. The highest BCUT2D eigenvalue weighted by atomic mass is 16.1. The first kappa shape index (κ1) is 13.6. The molecule has 3 saturated carbocycles. The molecule has 2 bridgehead atoms. The first-order valence-corrected chi connectivity index (χ1v) is 8.84. The number of fused-ring (bicyclic) bond motifs is 2. The van der Waals surface area contributed by atoms with Gasteiger partial charge >= 0.3 is 0 Å². The monoisotopic (exact) mass is 309 g/mol. The fourth-order valence-electron chi connectivity index (χ4n) is 5.39. The van der Waals surface area contributed by atoms with E-state index >= 15 is 0 Å². The molecule has 3 aliphatic carbocycles. The molecule has 4 nitrogen and oxygen atoms in total. The van der Waals surface area contributed by atoms with Gasteiger partial charge in [-0.1, -0.05) is 19.9 Å². The predicted octanol–water partition coefficient (Wildman–Crippen LogP) is 3.32. The third kappa shape index (κ3) is 1.67. The number of hydrogen-bond acceptors (Lipinski definition) is 2. The van der Waals surface area contributed by atoms with Gasteiger partial charge in [0, 0.05) is 19.0 Å². The van der Waals surface area contributed by atoms with Crippen molar-refractivity contribution >= 4 is 16.9 Å². The molecule has 1 aromatic carbocycles. The van der Waals surface area contributed by atoms with Crippen LogP contribution in [-0.4, -0.2) is 22.0 Å². The number of imidazole rings is 1. The van der Waals surface area contributed by atoms with Gasteiger partial charge in [-0.2, -0.15) is 0 Å². The number of hydrogen-bond donors (Lipinski definition) is 1. The number of carbonyl (C=O) groups excluding carboxylic acids is 1. The van der Waals surface area contributed by atoms with Crippen LogP contribution in [0.1, 0.15) is 55.2 Å². The topological polar surface area (TPSA) is 46.9 Å². The summed E-state index contributed by atoms with van der Waals surface area (Å²) in [5.74, 6) is 3.44. The van der Waals surface area contributed by atoms with Crippen LogP contribution in [0.5, 0.6) is 0 Å². The molecule has 1 amide bonds. The highest BCUT2D eigenvalue weighted by Gasteiger charge is 2.55. The SMILES string of the molecule is CC1(C)C2CCC(c3nc4cccc5c4n3CCNC5=O)C1C2. The highest BCUT2D eigenvalue weighted by Crippen LogP contribution is 2.63. The maximum atomic E-state index is 12.3. The van der Waals surface area contributed by atoms with Gasteiger partial charge in [0.25, 0.3) is 5.91 Å². The maximum Gasteiger partial charge on any atom is 0.253 e. The molecule has 3 atom stereocenters. The second-order valence-electron chi connectivity index (χ2n) is 8.10. The van der Waals surface area contributed by atoms with Crippen molar-refractivity contribution in [3.63, 3.8) is 0 Å². The van der Waals surface area contributed by atoms with E-state index in [1.807, 2.05) is 12.1 Å². The summed E-state index contributed by atoms with van der Waals surface area (Å²) in [7, 11) is 0. The van der Waals surface area contributed by atoms with Crippen LogP contribution in [0, 0.1) is 17.3 Å². The van der Waals surface area contributed by atoms with E-state index in [4.69, 9.17) is 4.98 Å². The smallest absolute Gasteiger partial charge is 0.253 e. The number of para-hydroxylation sites is 1. The zero-order valence-electron chi connectivity index (χ0n) is 13.8. The van der Waals surface area contributed by atoms with E-state index in [0.29, 0.717) is 17.9 Å². The van der Waals surface area contributed by atoms with Crippen molar-refractivity contribution in [3.05, 3.63) is 29.6 Å². The molecule has 0 saturated heterocycles. The van der Waals surface area contributed by atoms with E-state index in [2.05, 4.69) is 29.8 Å². The number of nitrogens with one attached hydrogen (secondary N) is 1. The number of benzene rings is 1. The average molecular weight is 309 g/mol. The second kappa shape index (κ2) is 4.37. The average Bonchev–Trinajstić information content (AvgIpc) is 2.84. The van der Waals surface area contributed by atoms with Crippen LogP contribution < -0.4 is 5.32 Å². The molecule has 6 rings (SSSR count). The molecule has 1 aromatic heterocycles. The maximum absolute atomic E-state index is 12.3. The minimum atomic E-state index is 0.0356. The van der Waals surface area contributed by atoms with Gasteiger partial charge in [0.15, 0.2) is 0 Å². The second-order valence-corrected chi connectivity index (χ2v) is 8.10. The van der Waals surface area contributed by atoms with Crippen molar-refractivity contribution in [2.24, 2.45) is 17.3 Å². The molecule has 3 fully saturated rings. The van der Waals surface area contributed by atoms with Gasteiger partial charge in [0.1, 0.15) is 5.82 Å². The third-order valence-electron chi connectivity index (χ3n) is 6.85. The van der Waals surface area contributed by atoms with E-state index in [1.165, 1.54) is 25.1 Å². The fourth-order valence-corrected chi connectivity index (χ4v) is 5.39. The number of amides is 1. The molecule has 0 spiro atoms. The van der Waals surface area contributed by atoms with Crippen LogP contribution in [0.25, 0.3) is 11.0 Å². The summed E-state index contributed by atoms with van der Waals surface area (Å²) in [6.07, 6.45) is 3.92. The predicted molar refractivity (Wildman–Crippen MR) is 89.4 cm³/mol. The van der Waals surface area contributed by atoms with Crippen LogP contribution >= 0.6 is 0 Å². The fraction of sp³-hybridized carbons (Fsp3) is 0.579. The van der Waals surface area contributed by atoms with Crippen LogP contribution in [0.2, 0.25) is 0 Å². The highest BCUT2D eigenvalue weighted by molar-refractivity contribution is 6.05. The molecule has 3 unspecified atom stereocenters. The van der Waals surface area contributed by atoms with Crippen molar-refractivity contribution in [3.8, 4) is 0 Å². The van der Waals surface area contributed by atoms with Crippen molar-refractivity contribution in [1.82, 2.24) is 14.9 Å². The molecule has 1 aliphatic heterocycles. The summed E-state index contributed by atoms with van der Waals surface area (Å²) in [6, 6.07) is 5.93. The summed E-state index contributed by atoms with van der Waals surface area (Å²) in [6.45, 7) is 6.39. The van der Waals surface area contributed by atoms with Gasteiger partial charge in [0.2, 0.25) is 0 Å². The number of rotatable bonds is 1. The Bertz CT molecular complexity index is 817. The lowest BCUT2D eigenvalue weighted by molar-refractivity contribution is -0.0829. The standard InChI is InChI=1S/C19H23N3O/c1-19(2)11-6-7-12(14(19)10-11)17-21-15-5-3-4-13-16(15)22(17)9-8-20-18(13)23/h3-5,11-12,14H,6-10H2,1-2H3,(H,20,23). The Morgan fingerprint density at radius 1 is 1.30 bits per heavy atom. The summed E-state index contributed by atoms with van der Waals surface area (Å²) in [5.41, 5.74) is 3.24. The molecule has 1 N–H and O–H groups in total. The van der Waals surface area contributed by atoms with Gasteiger partial charge in [-0.15, -0.1) is 0 Å². The van der Waals surface area contributed by atoms with Crippen molar-refractivity contribution < 1.29 is 4.79 Å². The number of carbonyl (C=O) groups is 1. The molecule has 4 aliphatic rings. The molecule has 2 heterocycles. The van der Waals surface area contributed by atoms with Crippen molar-refractivity contribution in [2.75, 3.05) is 6.54 Å². The normalized spacial score (nSPS) is 31.4. The van der Waals surface area contributed by atoms with E-state index in [-0.39, 0.29) is 5.91 Å². The number of nitrogens with zero attached hydrogens (tertiary/aromatic N) is 2. The molecule has 2 aromatic rings. The Hall–Kier alpha value is -1.84. The van der Waals surface area contributed by atoms with Crippen LogP contribution in [-0.2, 0) is 6.54 Å². The third-order valence-corrected chi connectivity index (χ3v) is 6.85. The van der Waals surface area contributed by atoms with E-state index in [9.17, 15) is 4.79 Å². The summed E-state index contributed by atoms with van der Waals surface area (Å²) >= 11 is 0. The molecule has 4 heteroatoms. The minimum Gasteiger partial charge on any atom is -0.350 e. The Kier molecular flexibility index (Phi) is 2.58. The molecule has 0 radical (unpaired) electrons. The molecular weight excluding hydrogens is 286 g/mol. The lowest BCUT2D eigenvalue weighted by atomic mass is 9.45. The minimum absolute atomic E-state index is 0.0356. The van der Waals surface area contributed by atoms with Gasteiger partial charge in [0.05, 0.1) is 16.6 Å². The Morgan fingerprint density at radius 3 is 2.96 bits per heavy atom. The molecule has 23 heavy (non-hydrogen) atoms. The van der Waals surface area contributed by atoms with Crippen LogP contribution in [0.4, 0.5) is 0 Å². The lowest BCUT2D eigenvalue weighted by Crippen LogP contribution is -2.51. The van der Waals surface area contributed by atoms with E-state index in [1.54, 1.807) is 0 Å². The van der Waals surface area contributed by atoms with Gasteiger partial charge in [-0.05, 0) is 48.6 Å². The Balaban J connectivity index is 1.69. The van der Waals surface area contributed by atoms with Crippen molar-refractivity contribution in [2.45, 2.75) is 45.6 Å². The Labute approximate surface area is 136 Å². The molecular formula is C19H23N3O. The summed E-state index contributed by atoms with van der Waals surface area (Å²) < 4.78 is 2.34. The summed E-state index contributed by atoms with van der Waals surface area (Å²) in [5, 5.41) is 3.02. The lowest BCUT2D eigenvalue weighted by Gasteiger charge is -2.59. The number of aromatic nitrogens is 2. The largest absolute Gasteiger partial charge is 0.350 e. The van der Waals surface area contributed by atoms with Crippen LogP contribution in [0.15, 0.2) is 18.2 Å². The van der Waals surface area contributed by atoms with Gasteiger partial charge in [-0.25, -0.2) is 4.98 Å². The van der Waals surface area contributed by atoms with Crippen LogP contribution in [0.3, 0.4) is 0 Å². The summed E-state index contributed by atoms with van der Waals surface area (Å²) in [4.78, 5) is 17.3. The zero-order valence-corrected chi connectivity index (χ0v) is 13.8. The van der Waals surface area contributed by atoms with Crippen molar-refractivity contribution in [1.29, 1.82) is 0 Å².